The molecule has 78 valence electrons. The van der Waals surface area contributed by atoms with Crippen molar-refractivity contribution >= 4 is 5.97 Å². The first-order chi connectivity index (χ1) is 7.27. The van der Waals surface area contributed by atoms with Gasteiger partial charge in [-0.1, -0.05) is 30.4 Å². The molecule has 0 saturated carbocycles. The van der Waals surface area contributed by atoms with E-state index in [2.05, 4.69) is 18.2 Å². The zero-order valence-electron chi connectivity index (χ0n) is 8.82. The Labute approximate surface area is 89.6 Å². The topological polar surface area (TPSA) is 26.3 Å². The highest BCUT2D eigenvalue weighted by Gasteiger charge is 2.09. The van der Waals surface area contributed by atoms with Crippen LogP contribution in [0.2, 0.25) is 0 Å². The number of hydrogen-bond donors (Lipinski definition) is 0. The van der Waals surface area contributed by atoms with Crippen LogP contribution < -0.4 is 0 Å². The minimum absolute atomic E-state index is 0.223. The predicted octanol–water partition coefficient (Wildman–Crippen LogP) is 2.40. The fraction of sp³-hybridized carbons (Fsp3) is 0.308. The number of benzene rings is 1. The number of allylic oxidation sites excluding steroid dienone is 2. The average molecular weight is 202 g/mol. The number of rotatable bonds is 2. The maximum atomic E-state index is 10.7. The summed E-state index contributed by atoms with van der Waals surface area (Å²) in [6, 6.07) is 6.19. The molecule has 1 aliphatic rings. The van der Waals surface area contributed by atoms with E-state index in [1.165, 1.54) is 18.1 Å². The highest BCUT2D eigenvalue weighted by Crippen LogP contribution is 2.21. The summed E-state index contributed by atoms with van der Waals surface area (Å²) < 4.78 is 5.03. The molecule has 2 nitrogen and oxygen atoms in total. The average Bonchev–Trinajstić information content (AvgIpc) is 2.26. The maximum Gasteiger partial charge on any atom is 0.302 e. The lowest BCUT2D eigenvalue weighted by atomic mass is 9.93. The van der Waals surface area contributed by atoms with Crippen LogP contribution in [0.4, 0.5) is 0 Å². The largest absolute Gasteiger partial charge is 0.461 e. The summed E-state index contributed by atoms with van der Waals surface area (Å²) in [6.45, 7) is 1.83. The van der Waals surface area contributed by atoms with E-state index in [-0.39, 0.29) is 5.97 Å². The Bertz CT molecular complexity index is 405. The second-order valence-electron chi connectivity index (χ2n) is 3.71. The molecule has 1 aliphatic carbocycles. The Hall–Kier alpha value is -1.57. The molecule has 0 saturated heterocycles. The van der Waals surface area contributed by atoms with Crippen LogP contribution in [-0.4, -0.2) is 5.97 Å². The SMILES string of the molecule is CC(=O)OCc1cccc2c1CC=CC2. The predicted molar refractivity (Wildman–Crippen MR) is 58.5 cm³/mol. The van der Waals surface area contributed by atoms with Crippen molar-refractivity contribution in [2.45, 2.75) is 26.4 Å². The molecular formula is C13H14O2. The normalized spacial score (nSPS) is 13.4. The van der Waals surface area contributed by atoms with Crippen LogP contribution in [0.1, 0.15) is 23.6 Å². The number of carbonyl (C=O) groups excluding carboxylic acids is 1. The zero-order chi connectivity index (χ0) is 10.7. The van der Waals surface area contributed by atoms with Crippen molar-refractivity contribution in [1.29, 1.82) is 0 Å². The Morgan fingerprint density at radius 2 is 2.13 bits per heavy atom. The first-order valence-electron chi connectivity index (χ1n) is 5.15. The molecule has 0 fully saturated rings. The van der Waals surface area contributed by atoms with E-state index < -0.39 is 0 Å². The van der Waals surface area contributed by atoms with Crippen molar-refractivity contribution in [1.82, 2.24) is 0 Å². The number of carbonyl (C=O) groups is 1. The molecule has 15 heavy (non-hydrogen) atoms. The molecule has 0 spiro atoms. The second kappa shape index (κ2) is 4.30. The van der Waals surface area contributed by atoms with E-state index in [1.807, 2.05) is 12.1 Å². The number of ether oxygens (including phenoxy) is 1. The Balaban J connectivity index is 2.21. The summed E-state index contributed by atoms with van der Waals surface area (Å²) in [5.74, 6) is -0.223. The monoisotopic (exact) mass is 202 g/mol. The Morgan fingerprint density at radius 3 is 2.93 bits per heavy atom. The lowest BCUT2D eigenvalue weighted by Gasteiger charge is -2.15. The van der Waals surface area contributed by atoms with Crippen molar-refractivity contribution in [2.24, 2.45) is 0 Å². The number of esters is 1. The molecule has 0 N–H and O–H groups in total. The van der Waals surface area contributed by atoms with E-state index in [0.717, 1.165) is 18.4 Å². The van der Waals surface area contributed by atoms with E-state index in [1.54, 1.807) is 0 Å². The highest BCUT2D eigenvalue weighted by molar-refractivity contribution is 5.66. The van der Waals surface area contributed by atoms with Crippen LogP contribution in [0.25, 0.3) is 0 Å². The zero-order valence-corrected chi connectivity index (χ0v) is 8.82. The molecule has 0 radical (unpaired) electrons. The smallest absolute Gasteiger partial charge is 0.302 e. The van der Waals surface area contributed by atoms with Gasteiger partial charge in [0.25, 0.3) is 0 Å². The molecule has 1 aromatic rings. The third-order valence-electron chi connectivity index (χ3n) is 2.63. The molecule has 0 amide bonds. The van der Waals surface area contributed by atoms with E-state index in [0.29, 0.717) is 6.61 Å². The molecule has 0 atom stereocenters. The lowest BCUT2D eigenvalue weighted by molar-refractivity contribution is -0.142. The minimum atomic E-state index is -0.223. The van der Waals surface area contributed by atoms with Crippen LogP contribution in [0, 0.1) is 0 Å². The van der Waals surface area contributed by atoms with E-state index in [4.69, 9.17) is 4.74 Å². The van der Waals surface area contributed by atoms with Crippen molar-refractivity contribution < 1.29 is 9.53 Å². The van der Waals surface area contributed by atoms with Gasteiger partial charge in [-0.25, -0.2) is 0 Å². The van der Waals surface area contributed by atoms with Crippen molar-refractivity contribution in [2.75, 3.05) is 0 Å². The lowest BCUT2D eigenvalue weighted by Crippen LogP contribution is -2.06. The number of fused-ring (bicyclic) bond motifs is 1. The molecule has 0 heterocycles. The van der Waals surface area contributed by atoms with Crippen LogP contribution in [-0.2, 0) is 29.0 Å². The summed E-state index contributed by atoms with van der Waals surface area (Å²) >= 11 is 0. The van der Waals surface area contributed by atoms with Gasteiger partial charge in [-0.2, -0.15) is 0 Å². The molecule has 0 bridgehead atoms. The first-order valence-corrected chi connectivity index (χ1v) is 5.15. The van der Waals surface area contributed by atoms with Crippen LogP contribution in [0.15, 0.2) is 30.4 Å². The van der Waals surface area contributed by atoms with Gasteiger partial charge >= 0.3 is 5.97 Å². The van der Waals surface area contributed by atoms with Gasteiger partial charge in [0, 0.05) is 6.92 Å². The quantitative estimate of drug-likeness (QED) is 0.543. The fourth-order valence-corrected chi connectivity index (χ4v) is 1.87. The van der Waals surface area contributed by atoms with Gasteiger partial charge in [-0.3, -0.25) is 4.79 Å². The summed E-state index contributed by atoms with van der Waals surface area (Å²) in [7, 11) is 0. The van der Waals surface area contributed by atoms with Crippen LogP contribution in [0.5, 0.6) is 0 Å². The highest BCUT2D eigenvalue weighted by atomic mass is 16.5. The van der Waals surface area contributed by atoms with Gasteiger partial charge < -0.3 is 4.74 Å². The van der Waals surface area contributed by atoms with E-state index in [9.17, 15) is 4.79 Å². The first kappa shape index (κ1) is 9.97. The van der Waals surface area contributed by atoms with Gasteiger partial charge in [-0.15, -0.1) is 0 Å². The Morgan fingerprint density at radius 1 is 1.33 bits per heavy atom. The summed E-state index contributed by atoms with van der Waals surface area (Å²) in [6.07, 6.45) is 6.29. The summed E-state index contributed by atoms with van der Waals surface area (Å²) in [5, 5.41) is 0. The molecule has 0 unspecified atom stereocenters. The second-order valence-corrected chi connectivity index (χ2v) is 3.71. The standard InChI is InChI=1S/C13H14O2/c1-10(14)15-9-12-7-4-6-11-5-2-3-8-13(11)12/h2-4,6-7H,5,8-9H2,1H3. The van der Waals surface area contributed by atoms with Gasteiger partial charge in [-0.05, 0) is 29.5 Å². The van der Waals surface area contributed by atoms with Crippen LogP contribution in [0.3, 0.4) is 0 Å². The van der Waals surface area contributed by atoms with Crippen molar-refractivity contribution in [3.05, 3.63) is 47.0 Å². The van der Waals surface area contributed by atoms with Crippen molar-refractivity contribution in [3.63, 3.8) is 0 Å². The fourth-order valence-electron chi connectivity index (χ4n) is 1.87. The molecule has 1 aromatic carbocycles. The van der Waals surface area contributed by atoms with Gasteiger partial charge in [0.15, 0.2) is 0 Å². The van der Waals surface area contributed by atoms with Crippen LogP contribution >= 0.6 is 0 Å². The molecule has 2 rings (SSSR count). The minimum Gasteiger partial charge on any atom is -0.461 e. The molecule has 2 heteroatoms. The van der Waals surface area contributed by atoms with Crippen molar-refractivity contribution in [3.8, 4) is 0 Å². The molecule has 0 aromatic heterocycles. The van der Waals surface area contributed by atoms with Gasteiger partial charge in [0.1, 0.15) is 6.61 Å². The maximum absolute atomic E-state index is 10.7. The third-order valence-corrected chi connectivity index (χ3v) is 2.63. The van der Waals surface area contributed by atoms with Gasteiger partial charge in [0.05, 0.1) is 0 Å². The summed E-state index contributed by atoms with van der Waals surface area (Å²) in [4.78, 5) is 10.7. The third kappa shape index (κ3) is 2.27. The van der Waals surface area contributed by atoms with Gasteiger partial charge in [0.2, 0.25) is 0 Å². The molecule has 0 aliphatic heterocycles. The molecular weight excluding hydrogens is 188 g/mol. The van der Waals surface area contributed by atoms with E-state index >= 15 is 0 Å². The Kier molecular flexibility index (Phi) is 2.86. The number of hydrogen-bond acceptors (Lipinski definition) is 2. The summed E-state index contributed by atoms with van der Waals surface area (Å²) in [5.41, 5.74) is 3.80.